The van der Waals surface area contributed by atoms with Crippen LogP contribution in [-0.4, -0.2) is 13.2 Å². The van der Waals surface area contributed by atoms with Gasteiger partial charge in [-0.1, -0.05) is 0 Å². The summed E-state index contributed by atoms with van der Waals surface area (Å²) in [7, 11) is -3.34. The first-order chi connectivity index (χ1) is 8.49. The lowest BCUT2D eigenvalue weighted by Gasteiger charge is -2.12. The molecule has 0 saturated carbocycles. The minimum atomic E-state index is -3.34. The maximum Gasteiger partial charge on any atom is 0.354 e. The van der Waals surface area contributed by atoms with Gasteiger partial charge in [0.15, 0.2) is 0 Å². The molecule has 0 aliphatic rings. The predicted molar refractivity (Wildman–Crippen MR) is 66.3 cm³/mol. The second-order valence-electron chi connectivity index (χ2n) is 3.39. The molecule has 0 saturated heterocycles. The Hall–Kier alpha value is -1.03. The maximum atomic E-state index is 12.9. The van der Waals surface area contributed by atoms with Crippen molar-refractivity contribution in [1.82, 2.24) is 0 Å². The van der Waals surface area contributed by atoms with E-state index in [1.165, 1.54) is 11.9 Å². The molecule has 0 aliphatic carbocycles. The fourth-order valence-corrected chi connectivity index (χ4v) is 2.65. The number of benzene rings is 1. The van der Waals surface area contributed by atoms with Gasteiger partial charge in [0.1, 0.15) is 11.6 Å². The Kier molecular flexibility index (Phi) is 5.66. The van der Waals surface area contributed by atoms with Crippen molar-refractivity contribution in [3.63, 3.8) is 0 Å². The largest absolute Gasteiger partial charge is 0.354 e. The van der Waals surface area contributed by atoms with Crippen molar-refractivity contribution in [2.75, 3.05) is 13.2 Å². The molecular weight excluding hydrogens is 261 g/mol. The summed E-state index contributed by atoms with van der Waals surface area (Å²) in [6.45, 7) is 3.81. The van der Waals surface area contributed by atoms with E-state index in [4.69, 9.17) is 9.05 Å². The Morgan fingerprint density at radius 2 is 1.61 bits per heavy atom. The third kappa shape index (κ3) is 4.69. The quantitative estimate of drug-likeness (QED) is 0.730. The molecule has 0 aromatic heterocycles. The van der Waals surface area contributed by atoms with E-state index < -0.39 is 19.2 Å². The number of rotatable bonds is 6. The van der Waals surface area contributed by atoms with E-state index in [0.29, 0.717) is 0 Å². The number of halogens is 2. The smallest absolute Gasteiger partial charge is 0.306 e. The molecule has 1 aromatic carbocycles. The lowest BCUT2D eigenvalue weighted by Crippen LogP contribution is -1.92. The highest BCUT2D eigenvalue weighted by atomic mass is 31.2. The molecule has 1 aromatic rings. The number of hydrogen-bond donors (Lipinski definition) is 0. The molecule has 0 spiro atoms. The molecule has 0 aliphatic heterocycles. The van der Waals surface area contributed by atoms with Crippen LogP contribution in [-0.2, 0) is 13.6 Å². The van der Waals surface area contributed by atoms with Crippen LogP contribution in [0.4, 0.5) is 8.78 Å². The van der Waals surface area contributed by atoms with Gasteiger partial charge >= 0.3 is 7.60 Å². The minimum Gasteiger partial charge on any atom is -0.306 e. The van der Waals surface area contributed by atoms with Gasteiger partial charge in [0.25, 0.3) is 0 Å². The molecule has 100 valence electrons. The summed E-state index contributed by atoms with van der Waals surface area (Å²) in [4.78, 5) is 0. The van der Waals surface area contributed by atoms with Crippen molar-refractivity contribution < 1.29 is 22.4 Å². The topological polar surface area (TPSA) is 35.5 Å². The van der Waals surface area contributed by atoms with E-state index in [1.807, 2.05) is 0 Å². The highest BCUT2D eigenvalue weighted by molar-refractivity contribution is 7.57. The van der Waals surface area contributed by atoms with Crippen molar-refractivity contribution in [2.24, 2.45) is 0 Å². The van der Waals surface area contributed by atoms with Crippen LogP contribution in [0.1, 0.15) is 19.4 Å². The molecule has 18 heavy (non-hydrogen) atoms. The molecule has 0 amide bonds. The summed E-state index contributed by atoms with van der Waals surface area (Å²) in [5, 5.41) is 0. The van der Waals surface area contributed by atoms with Crippen molar-refractivity contribution in [2.45, 2.75) is 13.8 Å². The predicted octanol–water partition coefficient (Wildman–Crippen LogP) is 4.20. The molecule has 0 fully saturated rings. The van der Waals surface area contributed by atoms with Crippen LogP contribution < -0.4 is 0 Å². The Bertz CT molecular complexity index is 444. The van der Waals surface area contributed by atoms with E-state index in [1.54, 1.807) is 13.8 Å². The van der Waals surface area contributed by atoms with Crippen LogP contribution in [0.2, 0.25) is 0 Å². The highest BCUT2D eigenvalue weighted by Crippen LogP contribution is 2.50. The lowest BCUT2D eigenvalue weighted by molar-refractivity contribution is 0.229. The average Bonchev–Trinajstić information content (AvgIpc) is 2.26. The molecular formula is C12H15F2O3P. The van der Waals surface area contributed by atoms with E-state index in [2.05, 4.69) is 0 Å². The van der Waals surface area contributed by atoms with Crippen molar-refractivity contribution in [3.8, 4) is 0 Å². The summed E-state index contributed by atoms with van der Waals surface area (Å²) in [5.74, 6) is -0.191. The monoisotopic (exact) mass is 276 g/mol. The molecule has 0 bridgehead atoms. The van der Waals surface area contributed by atoms with E-state index >= 15 is 0 Å². The minimum absolute atomic E-state index is 0.221. The van der Waals surface area contributed by atoms with Gasteiger partial charge in [0, 0.05) is 11.9 Å². The van der Waals surface area contributed by atoms with Crippen molar-refractivity contribution in [3.05, 3.63) is 41.2 Å². The van der Waals surface area contributed by atoms with E-state index in [9.17, 15) is 13.3 Å². The van der Waals surface area contributed by atoms with Crippen LogP contribution in [0.15, 0.2) is 24.0 Å². The second kappa shape index (κ2) is 6.78. The van der Waals surface area contributed by atoms with Gasteiger partial charge in [0.05, 0.1) is 13.2 Å². The summed E-state index contributed by atoms with van der Waals surface area (Å²) >= 11 is 0. The average molecular weight is 276 g/mol. The summed E-state index contributed by atoms with van der Waals surface area (Å²) in [5.41, 5.74) is 0.257. The zero-order chi connectivity index (χ0) is 13.6. The fourth-order valence-electron chi connectivity index (χ4n) is 1.33. The van der Waals surface area contributed by atoms with Gasteiger partial charge in [0.2, 0.25) is 0 Å². The van der Waals surface area contributed by atoms with Gasteiger partial charge in [-0.2, -0.15) is 0 Å². The Morgan fingerprint density at radius 1 is 1.11 bits per heavy atom. The Balaban J connectivity index is 2.92. The van der Waals surface area contributed by atoms with Crippen LogP contribution in [0, 0.1) is 11.6 Å². The van der Waals surface area contributed by atoms with Crippen LogP contribution in [0.3, 0.4) is 0 Å². The van der Waals surface area contributed by atoms with Gasteiger partial charge in [-0.15, -0.1) is 0 Å². The molecule has 0 unspecified atom stereocenters. The molecule has 0 radical (unpaired) electrons. The molecule has 0 N–H and O–H groups in total. The number of hydrogen-bond acceptors (Lipinski definition) is 3. The highest BCUT2D eigenvalue weighted by Gasteiger charge is 2.18. The molecule has 6 heteroatoms. The molecule has 0 atom stereocenters. The van der Waals surface area contributed by atoms with E-state index in [0.717, 1.165) is 18.2 Å². The van der Waals surface area contributed by atoms with Crippen molar-refractivity contribution in [1.29, 1.82) is 0 Å². The summed E-state index contributed by atoms with van der Waals surface area (Å²) in [6, 6.07) is 3.02. The summed E-state index contributed by atoms with van der Waals surface area (Å²) in [6.07, 6.45) is 1.32. The molecule has 3 nitrogen and oxygen atoms in total. The van der Waals surface area contributed by atoms with Gasteiger partial charge in [-0.05, 0) is 37.6 Å². The first kappa shape index (κ1) is 15.0. The fraction of sp³-hybridized carbons (Fsp3) is 0.333. The van der Waals surface area contributed by atoms with Crippen LogP contribution in [0.5, 0.6) is 0 Å². The van der Waals surface area contributed by atoms with Crippen molar-refractivity contribution >= 4 is 13.7 Å². The zero-order valence-electron chi connectivity index (χ0n) is 10.2. The Morgan fingerprint density at radius 3 is 2.06 bits per heavy atom. The van der Waals surface area contributed by atoms with E-state index in [-0.39, 0.29) is 18.8 Å². The second-order valence-corrected chi connectivity index (χ2v) is 5.29. The standard InChI is InChI=1S/C12H15F2O3P/c1-3-16-18(15,17-4-2)6-5-10-7-11(13)9-12(14)8-10/h5-9H,3-4H2,1-2H3/b6-5+. The third-order valence-electron chi connectivity index (χ3n) is 1.95. The van der Waals surface area contributed by atoms with Crippen LogP contribution >= 0.6 is 7.60 Å². The first-order valence-corrected chi connectivity index (χ1v) is 7.14. The molecule has 0 heterocycles. The zero-order valence-corrected chi connectivity index (χ0v) is 11.1. The normalized spacial score (nSPS) is 12.2. The summed E-state index contributed by atoms with van der Waals surface area (Å²) < 4.78 is 47.9. The first-order valence-electron chi connectivity index (χ1n) is 5.53. The lowest BCUT2D eigenvalue weighted by atomic mass is 10.2. The van der Waals surface area contributed by atoms with Gasteiger partial charge < -0.3 is 9.05 Å². The molecule has 1 rings (SSSR count). The Labute approximate surface area is 105 Å². The van der Waals surface area contributed by atoms with Crippen LogP contribution in [0.25, 0.3) is 6.08 Å². The van der Waals surface area contributed by atoms with Gasteiger partial charge in [-0.3, -0.25) is 4.57 Å². The maximum absolute atomic E-state index is 12.9. The third-order valence-corrected chi connectivity index (χ3v) is 3.70. The SMILES string of the molecule is CCOP(=O)(/C=C/c1cc(F)cc(F)c1)OCC. The van der Waals surface area contributed by atoms with Gasteiger partial charge in [-0.25, -0.2) is 8.78 Å².